The van der Waals surface area contributed by atoms with Gasteiger partial charge >= 0.3 is 5.97 Å². The van der Waals surface area contributed by atoms with Crippen LogP contribution in [0, 0.1) is 0 Å². The van der Waals surface area contributed by atoms with Crippen molar-refractivity contribution in [3.8, 4) is 0 Å². The Kier molecular flexibility index (Phi) is 4.50. The molecule has 88 valence electrons. The molecule has 0 aliphatic rings. The molecule has 0 heterocycles. The highest BCUT2D eigenvalue weighted by molar-refractivity contribution is 5.73. The first-order chi connectivity index (χ1) is 7.60. The average molecular weight is 221 g/mol. The Morgan fingerprint density at radius 2 is 1.81 bits per heavy atom. The first-order valence-electron chi connectivity index (χ1n) is 5.68. The van der Waals surface area contributed by atoms with Crippen LogP contribution in [-0.4, -0.2) is 17.1 Å². The highest BCUT2D eigenvalue weighted by Gasteiger charge is 2.15. The van der Waals surface area contributed by atoms with E-state index >= 15 is 0 Å². The molecular weight excluding hydrogens is 202 g/mol. The molecule has 0 radical (unpaired) electrons. The summed E-state index contributed by atoms with van der Waals surface area (Å²) in [7, 11) is 0. The molecule has 1 rings (SSSR count). The number of benzene rings is 1. The number of aliphatic carboxylic acids is 1. The lowest BCUT2D eigenvalue weighted by Gasteiger charge is -2.15. The van der Waals surface area contributed by atoms with Gasteiger partial charge in [-0.1, -0.05) is 32.0 Å². The van der Waals surface area contributed by atoms with Crippen molar-refractivity contribution in [2.45, 2.75) is 39.2 Å². The Balaban J connectivity index is 3.04. The first kappa shape index (κ1) is 12.7. The Morgan fingerprint density at radius 3 is 2.19 bits per heavy atom. The maximum absolute atomic E-state index is 10.8. The largest absolute Gasteiger partial charge is 0.480 e. The van der Waals surface area contributed by atoms with Gasteiger partial charge in [0.15, 0.2) is 0 Å². The van der Waals surface area contributed by atoms with Gasteiger partial charge < -0.3 is 10.8 Å². The van der Waals surface area contributed by atoms with Crippen LogP contribution in [0.4, 0.5) is 0 Å². The minimum atomic E-state index is -0.937. The van der Waals surface area contributed by atoms with Crippen LogP contribution >= 0.6 is 0 Å². The molecule has 0 aliphatic heterocycles. The van der Waals surface area contributed by atoms with Gasteiger partial charge in [0.1, 0.15) is 6.04 Å². The number of carboxylic acid groups (broad SMARTS) is 1. The fraction of sp³-hybridized carbons (Fsp3) is 0.462. The van der Waals surface area contributed by atoms with E-state index < -0.39 is 12.0 Å². The zero-order valence-corrected chi connectivity index (χ0v) is 9.86. The Labute approximate surface area is 96.3 Å². The third kappa shape index (κ3) is 2.83. The Bertz CT molecular complexity index is 352. The summed E-state index contributed by atoms with van der Waals surface area (Å²) >= 11 is 0. The highest BCUT2D eigenvalue weighted by atomic mass is 16.4. The van der Waals surface area contributed by atoms with Crippen molar-refractivity contribution in [1.29, 1.82) is 0 Å². The topological polar surface area (TPSA) is 63.3 Å². The monoisotopic (exact) mass is 221 g/mol. The summed E-state index contributed by atoms with van der Waals surface area (Å²) in [4.78, 5) is 10.8. The molecule has 0 spiro atoms. The third-order valence-corrected chi connectivity index (χ3v) is 2.87. The van der Waals surface area contributed by atoms with Crippen LogP contribution in [0.5, 0.6) is 0 Å². The van der Waals surface area contributed by atoms with E-state index in [0.717, 1.165) is 18.4 Å². The molecule has 0 bridgehead atoms. The van der Waals surface area contributed by atoms with Crippen molar-refractivity contribution < 1.29 is 9.90 Å². The fourth-order valence-corrected chi connectivity index (χ4v) is 1.92. The molecule has 3 nitrogen and oxygen atoms in total. The van der Waals surface area contributed by atoms with Crippen molar-refractivity contribution in [2.24, 2.45) is 5.73 Å². The van der Waals surface area contributed by atoms with Gasteiger partial charge in [-0.15, -0.1) is 0 Å². The number of rotatable bonds is 5. The summed E-state index contributed by atoms with van der Waals surface area (Å²) in [6, 6.07) is 5.30. The molecule has 0 saturated carbocycles. The number of carboxylic acids is 1. The van der Waals surface area contributed by atoms with E-state index in [-0.39, 0.29) is 0 Å². The summed E-state index contributed by atoms with van der Waals surface area (Å²) in [6.45, 7) is 4.15. The van der Waals surface area contributed by atoms with Crippen molar-refractivity contribution in [3.63, 3.8) is 0 Å². The molecule has 1 aromatic rings. The second-order valence-electron chi connectivity index (χ2n) is 3.91. The van der Waals surface area contributed by atoms with Crippen LogP contribution in [0.1, 0.15) is 30.5 Å². The molecule has 16 heavy (non-hydrogen) atoms. The molecule has 0 aliphatic carbocycles. The van der Waals surface area contributed by atoms with Crippen LogP contribution in [0.25, 0.3) is 0 Å². The molecule has 0 amide bonds. The molecule has 3 N–H and O–H groups in total. The lowest BCUT2D eigenvalue weighted by atomic mass is 9.93. The number of hydrogen-bond donors (Lipinski definition) is 2. The molecule has 0 fully saturated rings. The molecule has 0 unspecified atom stereocenters. The summed E-state index contributed by atoms with van der Waals surface area (Å²) in [5.41, 5.74) is 9.12. The predicted molar refractivity (Wildman–Crippen MR) is 64.5 cm³/mol. The standard InChI is InChI=1S/C13H19NO2/c1-3-9-6-5-7-10(4-2)11(9)8-12(14)13(15)16/h5-7,12H,3-4,8,14H2,1-2H3,(H,15,16)/t12-/m0/s1. The molecule has 1 aromatic carbocycles. The minimum Gasteiger partial charge on any atom is -0.480 e. The van der Waals surface area contributed by atoms with Crippen LogP contribution in [0.15, 0.2) is 18.2 Å². The van der Waals surface area contributed by atoms with Gasteiger partial charge in [0.05, 0.1) is 0 Å². The van der Waals surface area contributed by atoms with E-state index in [1.54, 1.807) is 0 Å². The van der Waals surface area contributed by atoms with Crippen molar-refractivity contribution >= 4 is 5.97 Å². The molecule has 0 saturated heterocycles. The number of nitrogens with two attached hydrogens (primary N) is 1. The summed E-state index contributed by atoms with van der Waals surface area (Å²) in [5, 5.41) is 8.85. The van der Waals surface area contributed by atoms with Gasteiger partial charge in [0.25, 0.3) is 0 Å². The van der Waals surface area contributed by atoms with Gasteiger partial charge in [-0.05, 0) is 36.0 Å². The maximum Gasteiger partial charge on any atom is 0.320 e. The van der Waals surface area contributed by atoms with Gasteiger partial charge in [0, 0.05) is 0 Å². The van der Waals surface area contributed by atoms with Crippen LogP contribution in [0.3, 0.4) is 0 Å². The summed E-state index contributed by atoms with van der Waals surface area (Å²) < 4.78 is 0. The Hall–Kier alpha value is -1.35. The highest BCUT2D eigenvalue weighted by Crippen LogP contribution is 2.18. The van der Waals surface area contributed by atoms with E-state index in [4.69, 9.17) is 10.8 Å². The smallest absolute Gasteiger partial charge is 0.320 e. The number of hydrogen-bond acceptors (Lipinski definition) is 2. The van der Waals surface area contributed by atoms with Gasteiger partial charge in [-0.2, -0.15) is 0 Å². The molecule has 0 aromatic heterocycles. The lowest BCUT2D eigenvalue weighted by Crippen LogP contribution is -2.33. The van der Waals surface area contributed by atoms with Gasteiger partial charge in [0.2, 0.25) is 0 Å². The second kappa shape index (κ2) is 5.66. The number of aryl methyl sites for hydroxylation is 2. The van der Waals surface area contributed by atoms with Crippen LogP contribution in [0.2, 0.25) is 0 Å². The van der Waals surface area contributed by atoms with E-state index in [2.05, 4.69) is 13.8 Å². The zero-order chi connectivity index (χ0) is 12.1. The van der Waals surface area contributed by atoms with E-state index in [0.29, 0.717) is 6.42 Å². The van der Waals surface area contributed by atoms with Crippen LogP contribution in [-0.2, 0) is 24.1 Å². The maximum atomic E-state index is 10.8. The quantitative estimate of drug-likeness (QED) is 0.796. The fourth-order valence-electron chi connectivity index (χ4n) is 1.92. The normalized spacial score (nSPS) is 12.4. The molecule has 3 heteroatoms. The average Bonchev–Trinajstić information content (AvgIpc) is 2.29. The first-order valence-corrected chi connectivity index (χ1v) is 5.68. The minimum absolute atomic E-state index is 0.419. The second-order valence-corrected chi connectivity index (χ2v) is 3.91. The van der Waals surface area contributed by atoms with E-state index in [1.165, 1.54) is 11.1 Å². The zero-order valence-electron chi connectivity index (χ0n) is 9.86. The molecule has 1 atom stereocenters. The van der Waals surface area contributed by atoms with Gasteiger partial charge in [-0.25, -0.2) is 0 Å². The molecular formula is C13H19NO2. The van der Waals surface area contributed by atoms with Crippen molar-refractivity contribution in [2.75, 3.05) is 0 Å². The van der Waals surface area contributed by atoms with Crippen LogP contribution < -0.4 is 5.73 Å². The summed E-state index contributed by atoms with van der Waals surface area (Å²) in [5.74, 6) is -0.937. The van der Waals surface area contributed by atoms with Crippen molar-refractivity contribution in [3.05, 3.63) is 34.9 Å². The van der Waals surface area contributed by atoms with E-state index in [9.17, 15) is 4.79 Å². The predicted octanol–water partition coefficient (Wildman–Crippen LogP) is 1.77. The number of carbonyl (C=O) groups is 1. The SMILES string of the molecule is CCc1cccc(CC)c1C[C@H](N)C(=O)O. The Morgan fingerprint density at radius 1 is 1.31 bits per heavy atom. The summed E-state index contributed by atoms with van der Waals surface area (Å²) in [6.07, 6.45) is 2.24. The van der Waals surface area contributed by atoms with Gasteiger partial charge in [-0.3, -0.25) is 4.79 Å². The third-order valence-electron chi connectivity index (χ3n) is 2.87. The van der Waals surface area contributed by atoms with Crippen molar-refractivity contribution in [1.82, 2.24) is 0 Å². The van der Waals surface area contributed by atoms with E-state index in [1.807, 2.05) is 18.2 Å². The lowest BCUT2D eigenvalue weighted by molar-refractivity contribution is -0.138.